The summed E-state index contributed by atoms with van der Waals surface area (Å²) in [6.45, 7) is 6.14. The van der Waals surface area contributed by atoms with Crippen LogP contribution in [-0.4, -0.2) is 21.7 Å². The highest BCUT2D eigenvalue weighted by atomic mass is 15.3. The number of benzene rings is 1. The molecule has 1 aromatic carbocycles. The minimum absolute atomic E-state index is 0.938. The van der Waals surface area contributed by atoms with E-state index in [2.05, 4.69) is 55.2 Å². The van der Waals surface area contributed by atoms with Gasteiger partial charge in [-0.15, -0.1) is 0 Å². The average molecular weight is 243 g/mol. The van der Waals surface area contributed by atoms with Crippen molar-refractivity contribution in [2.45, 2.75) is 26.9 Å². The number of aryl methyl sites for hydroxylation is 2. The summed E-state index contributed by atoms with van der Waals surface area (Å²) in [4.78, 5) is 2.31. The molecule has 0 amide bonds. The molecule has 0 N–H and O–H groups in total. The van der Waals surface area contributed by atoms with Crippen LogP contribution in [0.25, 0.3) is 0 Å². The van der Waals surface area contributed by atoms with Crippen molar-refractivity contribution >= 4 is 0 Å². The van der Waals surface area contributed by atoms with E-state index in [1.807, 2.05) is 17.9 Å². The van der Waals surface area contributed by atoms with E-state index < -0.39 is 0 Å². The summed E-state index contributed by atoms with van der Waals surface area (Å²) in [5, 5.41) is 4.28. The predicted octanol–water partition coefficient (Wildman–Crippen LogP) is 2.67. The molecule has 0 saturated carbocycles. The Bertz CT molecular complexity index is 511. The van der Waals surface area contributed by atoms with Gasteiger partial charge in [0.1, 0.15) is 0 Å². The summed E-state index contributed by atoms with van der Waals surface area (Å²) in [6.07, 6.45) is 1.96. The Morgan fingerprint density at radius 1 is 1.11 bits per heavy atom. The Morgan fingerprint density at radius 3 is 2.33 bits per heavy atom. The van der Waals surface area contributed by atoms with Crippen LogP contribution in [0, 0.1) is 13.8 Å². The molecular formula is C15H21N3. The predicted molar refractivity (Wildman–Crippen MR) is 74.3 cm³/mol. The maximum absolute atomic E-state index is 4.28. The van der Waals surface area contributed by atoms with E-state index in [0.717, 1.165) is 13.1 Å². The van der Waals surface area contributed by atoms with Gasteiger partial charge in [0.05, 0.1) is 6.20 Å². The van der Waals surface area contributed by atoms with Crippen LogP contribution >= 0.6 is 0 Å². The zero-order valence-electron chi connectivity index (χ0n) is 11.6. The van der Waals surface area contributed by atoms with Crippen LogP contribution in [0.15, 0.2) is 30.5 Å². The molecule has 1 aromatic heterocycles. The number of hydrogen-bond acceptors (Lipinski definition) is 2. The van der Waals surface area contributed by atoms with Gasteiger partial charge in [0.25, 0.3) is 0 Å². The lowest BCUT2D eigenvalue weighted by Crippen LogP contribution is -2.17. The Hall–Kier alpha value is -1.61. The van der Waals surface area contributed by atoms with E-state index >= 15 is 0 Å². The van der Waals surface area contributed by atoms with E-state index in [1.165, 1.54) is 22.4 Å². The van der Waals surface area contributed by atoms with Gasteiger partial charge in [-0.25, -0.2) is 0 Å². The molecule has 0 aliphatic carbocycles. The fraction of sp³-hybridized carbons (Fsp3) is 0.400. The second kappa shape index (κ2) is 5.36. The van der Waals surface area contributed by atoms with Gasteiger partial charge in [0.15, 0.2) is 0 Å². The molecule has 0 aliphatic rings. The molecular weight excluding hydrogens is 222 g/mol. The second-order valence-electron chi connectivity index (χ2n) is 5.04. The van der Waals surface area contributed by atoms with Gasteiger partial charge >= 0.3 is 0 Å². The van der Waals surface area contributed by atoms with Crippen LogP contribution in [0.4, 0.5) is 0 Å². The van der Waals surface area contributed by atoms with Gasteiger partial charge in [-0.05, 0) is 26.5 Å². The highest BCUT2D eigenvalue weighted by Gasteiger charge is 2.07. The van der Waals surface area contributed by atoms with Crippen molar-refractivity contribution in [2.75, 3.05) is 7.05 Å². The van der Waals surface area contributed by atoms with Crippen molar-refractivity contribution in [2.24, 2.45) is 7.05 Å². The first-order valence-electron chi connectivity index (χ1n) is 6.28. The summed E-state index contributed by atoms with van der Waals surface area (Å²) in [7, 11) is 4.13. The molecule has 0 aliphatic heterocycles. The molecule has 0 spiro atoms. The van der Waals surface area contributed by atoms with Gasteiger partial charge in [0, 0.05) is 31.4 Å². The third-order valence-electron chi connectivity index (χ3n) is 3.35. The molecule has 3 nitrogen and oxygen atoms in total. The number of hydrogen-bond donors (Lipinski definition) is 0. The minimum Gasteiger partial charge on any atom is -0.298 e. The van der Waals surface area contributed by atoms with E-state index in [1.54, 1.807) is 0 Å². The van der Waals surface area contributed by atoms with Gasteiger partial charge < -0.3 is 0 Å². The Kier molecular flexibility index (Phi) is 3.82. The Morgan fingerprint density at radius 2 is 1.78 bits per heavy atom. The van der Waals surface area contributed by atoms with Gasteiger partial charge in [-0.1, -0.05) is 29.8 Å². The van der Waals surface area contributed by atoms with E-state index in [9.17, 15) is 0 Å². The van der Waals surface area contributed by atoms with Gasteiger partial charge in [-0.3, -0.25) is 9.58 Å². The molecule has 0 fully saturated rings. The summed E-state index contributed by atoms with van der Waals surface area (Å²) < 4.78 is 1.93. The lowest BCUT2D eigenvalue weighted by atomic mass is 10.1. The van der Waals surface area contributed by atoms with Crippen molar-refractivity contribution in [3.05, 3.63) is 52.8 Å². The quantitative estimate of drug-likeness (QED) is 0.823. The smallest absolute Gasteiger partial charge is 0.0537 e. The second-order valence-corrected chi connectivity index (χ2v) is 5.04. The molecule has 0 saturated heterocycles. The van der Waals surface area contributed by atoms with Crippen LogP contribution < -0.4 is 0 Å². The van der Waals surface area contributed by atoms with Crippen LogP contribution in [-0.2, 0) is 20.1 Å². The molecule has 0 radical (unpaired) electrons. The first-order chi connectivity index (χ1) is 8.56. The largest absolute Gasteiger partial charge is 0.298 e. The molecule has 0 bridgehead atoms. The van der Waals surface area contributed by atoms with Gasteiger partial charge in [0.2, 0.25) is 0 Å². The third kappa shape index (κ3) is 2.99. The zero-order chi connectivity index (χ0) is 13.1. The van der Waals surface area contributed by atoms with Gasteiger partial charge in [-0.2, -0.15) is 5.10 Å². The third-order valence-corrected chi connectivity index (χ3v) is 3.35. The standard InChI is InChI=1S/C15H21N3/c1-12-5-7-14(8-6-12)10-17(3)11-15-9-16-18(4)13(15)2/h5-9H,10-11H2,1-4H3. The summed E-state index contributed by atoms with van der Waals surface area (Å²) in [5.74, 6) is 0. The molecule has 2 rings (SSSR count). The SMILES string of the molecule is Cc1ccc(CN(C)Cc2cnn(C)c2C)cc1. The van der Waals surface area contributed by atoms with E-state index in [4.69, 9.17) is 0 Å². The van der Waals surface area contributed by atoms with Crippen molar-refractivity contribution < 1.29 is 0 Å². The lowest BCUT2D eigenvalue weighted by molar-refractivity contribution is 0.318. The van der Waals surface area contributed by atoms with Crippen LogP contribution in [0.2, 0.25) is 0 Å². The lowest BCUT2D eigenvalue weighted by Gasteiger charge is -2.16. The minimum atomic E-state index is 0.938. The normalized spacial score (nSPS) is 11.2. The molecule has 3 heteroatoms. The summed E-state index contributed by atoms with van der Waals surface area (Å²) in [5.41, 5.74) is 5.20. The van der Waals surface area contributed by atoms with E-state index in [-0.39, 0.29) is 0 Å². The molecule has 0 unspecified atom stereocenters. The fourth-order valence-corrected chi connectivity index (χ4v) is 2.05. The Labute approximate surface area is 109 Å². The van der Waals surface area contributed by atoms with Crippen molar-refractivity contribution in [3.8, 4) is 0 Å². The first kappa shape index (κ1) is 12.8. The average Bonchev–Trinajstić information content (AvgIpc) is 2.64. The first-order valence-corrected chi connectivity index (χ1v) is 6.28. The monoisotopic (exact) mass is 243 g/mol. The number of aromatic nitrogens is 2. The van der Waals surface area contributed by atoms with Crippen molar-refractivity contribution in [1.82, 2.24) is 14.7 Å². The molecule has 18 heavy (non-hydrogen) atoms. The van der Waals surface area contributed by atoms with Crippen LogP contribution in [0.1, 0.15) is 22.4 Å². The maximum Gasteiger partial charge on any atom is 0.0537 e. The Balaban J connectivity index is 1.98. The summed E-state index contributed by atoms with van der Waals surface area (Å²) in [6, 6.07) is 8.72. The molecule has 1 heterocycles. The molecule has 0 atom stereocenters. The summed E-state index contributed by atoms with van der Waals surface area (Å²) >= 11 is 0. The van der Waals surface area contributed by atoms with Crippen LogP contribution in [0.3, 0.4) is 0 Å². The maximum atomic E-state index is 4.28. The fourth-order valence-electron chi connectivity index (χ4n) is 2.05. The molecule has 2 aromatic rings. The highest BCUT2D eigenvalue weighted by Crippen LogP contribution is 2.11. The van der Waals surface area contributed by atoms with Crippen molar-refractivity contribution in [1.29, 1.82) is 0 Å². The van der Waals surface area contributed by atoms with Crippen LogP contribution in [0.5, 0.6) is 0 Å². The topological polar surface area (TPSA) is 21.1 Å². The number of rotatable bonds is 4. The highest BCUT2D eigenvalue weighted by molar-refractivity contribution is 5.21. The van der Waals surface area contributed by atoms with Crippen molar-refractivity contribution in [3.63, 3.8) is 0 Å². The van der Waals surface area contributed by atoms with E-state index in [0.29, 0.717) is 0 Å². The number of nitrogens with zero attached hydrogens (tertiary/aromatic N) is 3. The molecule has 96 valence electrons. The zero-order valence-corrected chi connectivity index (χ0v) is 11.6.